The Kier molecular flexibility index (Phi) is 4.61. The van der Waals surface area contributed by atoms with Crippen LogP contribution in [-0.2, 0) is 17.9 Å². The highest BCUT2D eigenvalue weighted by atomic mass is 35.5. The molecule has 0 aliphatic heterocycles. The van der Waals surface area contributed by atoms with E-state index in [9.17, 15) is 4.79 Å². The molecule has 0 bridgehead atoms. The van der Waals surface area contributed by atoms with Crippen LogP contribution in [0.2, 0.25) is 5.02 Å². The van der Waals surface area contributed by atoms with E-state index in [1.54, 1.807) is 24.1 Å². The Balaban J connectivity index is 1.64. The molecule has 0 aliphatic rings. The molecule has 7 nitrogen and oxygen atoms in total. The highest BCUT2D eigenvalue weighted by molar-refractivity contribution is 6.30. The number of furan rings is 1. The van der Waals surface area contributed by atoms with Crippen molar-refractivity contribution < 1.29 is 9.21 Å². The average molecular weight is 346 g/mol. The van der Waals surface area contributed by atoms with Gasteiger partial charge >= 0.3 is 0 Å². The fourth-order valence-electron chi connectivity index (χ4n) is 2.19. The van der Waals surface area contributed by atoms with Crippen LogP contribution in [-0.4, -0.2) is 38.1 Å². The van der Waals surface area contributed by atoms with Gasteiger partial charge in [0.05, 0.1) is 6.54 Å². The monoisotopic (exact) mass is 345 g/mol. The molecule has 0 spiro atoms. The zero-order valence-electron chi connectivity index (χ0n) is 13.3. The Hall–Kier alpha value is -2.67. The van der Waals surface area contributed by atoms with Crippen LogP contribution in [0.5, 0.6) is 0 Å². The van der Waals surface area contributed by atoms with Gasteiger partial charge in [0.25, 0.3) is 0 Å². The molecular weight excluding hydrogens is 330 g/mol. The van der Waals surface area contributed by atoms with Gasteiger partial charge in [-0.1, -0.05) is 23.7 Å². The molecule has 2 aromatic heterocycles. The quantitative estimate of drug-likeness (QED) is 0.710. The summed E-state index contributed by atoms with van der Waals surface area (Å²) < 4.78 is 5.47. The van der Waals surface area contributed by atoms with Gasteiger partial charge in [-0.05, 0) is 36.4 Å². The van der Waals surface area contributed by atoms with E-state index in [1.807, 2.05) is 31.2 Å². The molecule has 1 amide bonds. The number of benzene rings is 1. The Bertz CT molecular complexity index is 858. The van der Waals surface area contributed by atoms with Gasteiger partial charge in [0.15, 0.2) is 0 Å². The summed E-state index contributed by atoms with van der Waals surface area (Å²) in [6, 6.07) is 10.9. The van der Waals surface area contributed by atoms with Gasteiger partial charge in [-0.2, -0.15) is 4.80 Å². The first kappa shape index (κ1) is 16.2. The molecule has 0 N–H and O–H groups in total. The van der Waals surface area contributed by atoms with E-state index >= 15 is 0 Å². The van der Waals surface area contributed by atoms with E-state index in [-0.39, 0.29) is 12.5 Å². The number of hydrogen-bond donors (Lipinski definition) is 0. The third kappa shape index (κ3) is 3.80. The lowest BCUT2D eigenvalue weighted by Crippen LogP contribution is -2.30. The number of halogens is 1. The predicted octanol–water partition coefficient (Wildman–Crippen LogP) is 2.55. The summed E-state index contributed by atoms with van der Waals surface area (Å²) in [5.41, 5.74) is 0.751. The highest BCUT2D eigenvalue weighted by Gasteiger charge is 2.14. The van der Waals surface area contributed by atoms with E-state index in [1.165, 1.54) is 4.80 Å². The average Bonchev–Trinajstić information content (AvgIpc) is 3.16. The molecule has 0 saturated heterocycles. The fraction of sp³-hybridized carbons (Fsp3) is 0.250. The van der Waals surface area contributed by atoms with Gasteiger partial charge in [-0.15, -0.1) is 10.2 Å². The molecule has 3 rings (SSSR count). The second kappa shape index (κ2) is 6.84. The lowest BCUT2D eigenvalue weighted by molar-refractivity contribution is -0.131. The van der Waals surface area contributed by atoms with E-state index < -0.39 is 0 Å². The minimum absolute atomic E-state index is 0.00373. The van der Waals surface area contributed by atoms with Gasteiger partial charge in [0.1, 0.15) is 18.1 Å². The number of rotatable bonds is 5. The Morgan fingerprint density at radius 1 is 1.33 bits per heavy atom. The first-order valence-electron chi connectivity index (χ1n) is 7.34. The van der Waals surface area contributed by atoms with E-state index in [0.29, 0.717) is 17.4 Å². The molecule has 0 atom stereocenters. The van der Waals surface area contributed by atoms with Crippen molar-refractivity contribution >= 4 is 17.5 Å². The Morgan fingerprint density at radius 3 is 2.88 bits per heavy atom. The second-order valence-corrected chi connectivity index (χ2v) is 5.85. The highest BCUT2D eigenvalue weighted by Crippen LogP contribution is 2.18. The van der Waals surface area contributed by atoms with Crippen LogP contribution in [0.25, 0.3) is 11.4 Å². The maximum Gasteiger partial charge on any atom is 0.246 e. The first-order valence-corrected chi connectivity index (χ1v) is 7.72. The third-order valence-electron chi connectivity index (χ3n) is 3.43. The van der Waals surface area contributed by atoms with Gasteiger partial charge in [-0.25, -0.2) is 0 Å². The standard InChI is InChI=1S/C16H16ClN5O2/c1-11-6-7-14(24-11)9-21(2)15(23)10-22-19-16(18-20-22)12-4-3-5-13(17)8-12/h3-8H,9-10H2,1-2H3. The Labute approximate surface area is 143 Å². The summed E-state index contributed by atoms with van der Waals surface area (Å²) in [5.74, 6) is 1.83. The number of likely N-dealkylation sites (N-methyl/N-ethyl adjacent to an activating group) is 1. The molecule has 24 heavy (non-hydrogen) atoms. The van der Waals surface area contributed by atoms with Crippen molar-refractivity contribution in [2.75, 3.05) is 7.05 Å². The van der Waals surface area contributed by atoms with Crippen LogP contribution in [0.15, 0.2) is 40.8 Å². The van der Waals surface area contributed by atoms with Crippen molar-refractivity contribution in [1.82, 2.24) is 25.1 Å². The molecule has 0 fully saturated rings. The van der Waals surface area contributed by atoms with Gasteiger partial charge in [0.2, 0.25) is 11.7 Å². The topological polar surface area (TPSA) is 77.1 Å². The fourth-order valence-corrected chi connectivity index (χ4v) is 2.38. The number of aryl methyl sites for hydroxylation is 1. The number of carbonyl (C=O) groups excluding carboxylic acids is 1. The van der Waals surface area contributed by atoms with Gasteiger partial charge < -0.3 is 9.32 Å². The first-order chi connectivity index (χ1) is 11.5. The Morgan fingerprint density at radius 2 is 2.17 bits per heavy atom. The number of carbonyl (C=O) groups is 1. The molecule has 0 aliphatic carbocycles. The van der Waals surface area contributed by atoms with Crippen LogP contribution in [0.4, 0.5) is 0 Å². The molecule has 3 aromatic rings. The zero-order chi connectivity index (χ0) is 17.1. The normalized spacial score (nSPS) is 10.8. The second-order valence-electron chi connectivity index (χ2n) is 5.42. The maximum atomic E-state index is 12.3. The third-order valence-corrected chi connectivity index (χ3v) is 3.66. The number of tetrazole rings is 1. The van der Waals surface area contributed by atoms with Crippen molar-refractivity contribution in [3.8, 4) is 11.4 Å². The van der Waals surface area contributed by atoms with Crippen molar-refractivity contribution in [1.29, 1.82) is 0 Å². The molecule has 0 radical (unpaired) electrons. The van der Waals surface area contributed by atoms with E-state index in [0.717, 1.165) is 17.1 Å². The molecule has 124 valence electrons. The summed E-state index contributed by atoms with van der Waals surface area (Å²) in [4.78, 5) is 15.1. The predicted molar refractivity (Wildman–Crippen MR) is 88.2 cm³/mol. The van der Waals surface area contributed by atoms with Crippen LogP contribution in [0.1, 0.15) is 11.5 Å². The molecule has 0 unspecified atom stereocenters. The molecular formula is C16H16ClN5O2. The number of aromatic nitrogens is 4. The van der Waals surface area contributed by atoms with Crippen LogP contribution in [0.3, 0.4) is 0 Å². The molecule has 0 saturated carbocycles. The summed E-state index contributed by atoms with van der Waals surface area (Å²) in [7, 11) is 1.70. The number of hydrogen-bond acceptors (Lipinski definition) is 5. The van der Waals surface area contributed by atoms with Crippen LogP contribution >= 0.6 is 11.6 Å². The molecule has 8 heteroatoms. The maximum absolute atomic E-state index is 12.3. The van der Waals surface area contributed by atoms with Crippen LogP contribution in [0, 0.1) is 6.92 Å². The molecule has 1 aromatic carbocycles. The summed E-state index contributed by atoms with van der Waals surface area (Å²) in [5, 5.41) is 12.7. The van der Waals surface area contributed by atoms with Crippen molar-refractivity contribution in [3.05, 3.63) is 52.9 Å². The summed E-state index contributed by atoms with van der Waals surface area (Å²) in [6.07, 6.45) is 0. The van der Waals surface area contributed by atoms with Gasteiger partial charge in [-0.3, -0.25) is 4.79 Å². The molecule has 2 heterocycles. The van der Waals surface area contributed by atoms with E-state index in [2.05, 4.69) is 15.4 Å². The number of nitrogens with zero attached hydrogens (tertiary/aromatic N) is 5. The lowest BCUT2D eigenvalue weighted by atomic mass is 10.2. The van der Waals surface area contributed by atoms with E-state index in [4.69, 9.17) is 16.0 Å². The number of amides is 1. The van der Waals surface area contributed by atoms with Gasteiger partial charge in [0, 0.05) is 17.6 Å². The summed E-state index contributed by atoms with van der Waals surface area (Å²) >= 11 is 5.95. The SMILES string of the molecule is Cc1ccc(CN(C)C(=O)Cn2nnc(-c3cccc(Cl)c3)n2)o1. The largest absolute Gasteiger partial charge is 0.464 e. The minimum atomic E-state index is -0.140. The minimum Gasteiger partial charge on any atom is -0.464 e. The van der Waals surface area contributed by atoms with Crippen LogP contribution < -0.4 is 0 Å². The van der Waals surface area contributed by atoms with Crippen molar-refractivity contribution in [3.63, 3.8) is 0 Å². The zero-order valence-corrected chi connectivity index (χ0v) is 14.1. The lowest BCUT2D eigenvalue weighted by Gasteiger charge is -2.14. The summed E-state index contributed by atoms with van der Waals surface area (Å²) in [6.45, 7) is 2.26. The van der Waals surface area contributed by atoms with Crippen molar-refractivity contribution in [2.24, 2.45) is 0 Å². The smallest absolute Gasteiger partial charge is 0.246 e. The van der Waals surface area contributed by atoms with Crippen molar-refractivity contribution in [2.45, 2.75) is 20.0 Å².